The summed E-state index contributed by atoms with van der Waals surface area (Å²) in [6.45, 7) is 6.03. The fourth-order valence-electron chi connectivity index (χ4n) is 5.50. The van der Waals surface area contributed by atoms with Gasteiger partial charge in [0.05, 0.1) is 11.1 Å². The zero-order chi connectivity index (χ0) is 31.0. The van der Waals surface area contributed by atoms with Gasteiger partial charge in [-0.3, -0.25) is 9.59 Å². The minimum atomic E-state index is -0.333. The van der Waals surface area contributed by atoms with Crippen LogP contribution in [0.2, 0.25) is 0 Å². The second kappa shape index (κ2) is 11.5. The number of aromatic nitrogens is 1. The van der Waals surface area contributed by atoms with E-state index < -0.39 is 0 Å². The summed E-state index contributed by atoms with van der Waals surface area (Å²) in [5.74, 6) is -1.50. The van der Waals surface area contributed by atoms with E-state index in [4.69, 9.17) is 0 Å². The number of benzene rings is 4. The van der Waals surface area contributed by atoms with Crippen LogP contribution in [0.5, 0.6) is 23.0 Å². The quantitative estimate of drug-likeness (QED) is 0.0970. The van der Waals surface area contributed by atoms with Gasteiger partial charge in [-0.2, -0.15) is 0 Å². The zero-order valence-electron chi connectivity index (χ0n) is 24.4. The van der Waals surface area contributed by atoms with Gasteiger partial charge in [-0.15, -0.1) is 0 Å². The third-order valence-corrected chi connectivity index (χ3v) is 7.87. The van der Waals surface area contributed by atoms with Crippen molar-refractivity contribution in [3.63, 3.8) is 0 Å². The number of hydrogen-bond donors (Lipinski definition) is 5. The number of nitrogens with one attached hydrogen (secondary N) is 1. The highest BCUT2D eigenvalue weighted by atomic mass is 16.3. The molecule has 0 spiro atoms. The smallest absolute Gasteiger partial charge is 0.163 e. The van der Waals surface area contributed by atoms with E-state index in [1.54, 1.807) is 13.8 Å². The number of carbonyl (C=O) groups is 2. The molecule has 7 heteroatoms. The standard InChI is InChI=1S/C36H33NO6/c1-19-14-26(21(3)38)35(42)29(33(19)40)17-28-25-13-12-24(11-10-23-8-6-5-7-9-23)16-31(25)37-32(28)18-30-34(41)20(2)15-27(22(4)39)36(30)43/h5-16,37,40-43H,17-18H2,1-4H3/b11-10+. The van der Waals surface area contributed by atoms with Gasteiger partial charge in [0.25, 0.3) is 0 Å². The molecule has 0 aliphatic heterocycles. The number of aryl methyl sites for hydroxylation is 2. The number of rotatable bonds is 8. The predicted molar refractivity (Wildman–Crippen MR) is 168 cm³/mol. The van der Waals surface area contributed by atoms with Crippen LogP contribution >= 0.6 is 0 Å². The van der Waals surface area contributed by atoms with E-state index in [1.165, 1.54) is 26.0 Å². The summed E-state index contributed by atoms with van der Waals surface area (Å²) < 4.78 is 0. The van der Waals surface area contributed by atoms with Crippen LogP contribution in [-0.2, 0) is 12.8 Å². The van der Waals surface area contributed by atoms with Gasteiger partial charge in [-0.05, 0) is 73.7 Å². The molecule has 0 aliphatic rings. The lowest BCUT2D eigenvalue weighted by Crippen LogP contribution is -2.03. The van der Waals surface area contributed by atoms with Crippen molar-refractivity contribution in [2.45, 2.75) is 40.5 Å². The molecule has 1 aromatic heterocycles. The number of aromatic hydroxyl groups is 4. The lowest BCUT2D eigenvalue weighted by molar-refractivity contribution is 0.100. The lowest BCUT2D eigenvalue weighted by Gasteiger charge is -2.15. The Labute approximate surface area is 249 Å². The van der Waals surface area contributed by atoms with Gasteiger partial charge < -0.3 is 25.4 Å². The Morgan fingerprint density at radius 2 is 1.19 bits per heavy atom. The number of phenolic OH excluding ortho intramolecular Hbond substituents is 4. The Bertz CT molecular complexity index is 1930. The number of H-pyrrole nitrogens is 1. The summed E-state index contributed by atoms with van der Waals surface area (Å²) in [6.07, 6.45) is 4.08. The molecular weight excluding hydrogens is 542 g/mol. The second-order valence-electron chi connectivity index (χ2n) is 10.9. The molecule has 1 heterocycles. The van der Waals surface area contributed by atoms with Crippen molar-refractivity contribution in [1.29, 1.82) is 0 Å². The Morgan fingerprint density at radius 1 is 0.651 bits per heavy atom. The van der Waals surface area contributed by atoms with Gasteiger partial charge in [0, 0.05) is 40.6 Å². The molecule has 0 bridgehead atoms. The maximum atomic E-state index is 12.3. The summed E-state index contributed by atoms with van der Waals surface area (Å²) in [5.41, 5.74) is 5.54. The molecule has 0 saturated carbocycles. The van der Waals surface area contributed by atoms with Crippen molar-refractivity contribution in [3.05, 3.63) is 116 Å². The molecule has 0 amide bonds. The molecule has 5 aromatic rings. The van der Waals surface area contributed by atoms with Crippen LogP contribution in [0, 0.1) is 13.8 Å². The fraction of sp³-hybridized carbons (Fsp3) is 0.167. The zero-order valence-corrected chi connectivity index (χ0v) is 24.4. The van der Waals surface area contributed by atoms with Gasteiger partial charge >= 0.3 is 0 Å². The third kappa shape index (κ3) is 5.62. The Kier molecular flexibility index (Phi) is 7.83. The van der Waals surface area contributed by atoms with Crippen LogP contribution in [-0.4, -0.2) is 37.0 Å². The van der Waals surface area contributed by atoms with Crippen LogP contribution in [0.15, 0.2) is 60.7 Å². The van der Waals surface area contributed by atoms with Gasteiger partial charge in [0.15, 0.2) is 11.6 Å². The van der Waals surface area contributed by atoms with Crippen molar-refractivity contribution in [2.24, 2.45) is 0 Å². The SMILES string of the molecule is CC(=O)c1cc(C)c(O)c(Cc2[nH]c3cc(/C=C/c4ccccc4)ccc3c2Cc2c(O)c(C)cc(C(C)=O)c2O)c1O. The maximum absolute atomic E-state index is 12.3. The van der Waals surface area contributed by atoms with E-state index in [-0.39, 0.29) is 69.7 Å². The van der Waals surface area contributed by atoms with Crippen molar-refractivity contribution < 1.29 is 30.0 Å². The van der Waals surface area contributed by atoms with Gasteiger partial charge in [-0.1, -0.05) is 54.6 Å². The second-order valence-corrected chi connectivity index (χ2v) is 10.9. The highest BCUT2D eigenvalue weighted by molar-refractivity contribution is 5.99. The normalized spacial score (nSPS) is 11.4. The highest BCUT2D eigenvalue weighted by Crippen LogP contribution is 2.41. The van der Waals surface area contributed by atoms with Crippen LogP contribution in [0.4, 0.5) is 0 Å². The van der Waals surface area contributed by atoms with Crippen molar-refractivity contribution in [2.75, 3.05) is 0 Å². The number of ketones is 2. The first-order chi connectivity index (χ1) is 20.5. The molecule has 0 radical (unpaired) electrons. The van der Waals surface area contributed by atoms with Crippen LogP contribution in [0.25, 0.3) is 23.1 Å². The molecule has 0 atom stereocenters. The van der Waals surface area contributed by atoms with Gasteiger partial charge in [0.2, 0.25) is 0 Å². The first-order valence-corrected chi connectivity index (χ1v) is 13.9. The summed E-state index contributed by atoms with van der Waals surface area (Å²) >= 11 is 0. The molecule has 5 rings (SSSR count). The van der Waals surface area contributed by atoms with E-state index >= 15 is 0 Å². The summed E-state index contributed by atoms with van der Waals surface area (Å²) in [5, 5.41) is 44.8. The third-order valence-electron chi connectivity index (χ3n) is 7.87. The summed E-state index contributed by atoms with van der Waals surface area (Å²) in [4.78, 5) is 27.9. The topological polar surface area (TPSA) is 131 Å². The van der Waals surface area contributed by atoms with E-state index in [0.29, 0.717) is 22.4 Å². The molecular formula is C36H33NO6. The number of carbonyl (C=O) groups excluding carboxylic acids is 2. The highest BCUT2D eigenvalue weighted by Gasteiger charge is 2.24. The van der Waals surface area contributed by atoms with E-state index in [2.05, 4.69) is 4.98 Å². The minimum absolute atomic E-state index is 0.0335. The van der Waals surface area contributed by atoms with E-state index in [0.717, 1.165) is 22.0 Å². The number of phenols is 4. The molecule has 5 N–H and O–H groups in total. The number of fused-ring (bicyclic) bond motifs is 1. The van der Waals surface area contributed by atoms with Gasteiger partial charge in [0.1, 0.15) is 23.0 Å². The Balaban J connectivity index is 1.69. The average molecular weight is 576 g/mol. The Hall–Kier alpha value is -5.30. The Morgan fingerprint density at radius 3 is 1.74 bits per heavy atom. The van der Waals surface area contributed by atoms with Crippen LogP contribution in [0.3, 0.4) is 0 Å². The monoisotopic (exact) mass is 575 g/mol. The van der Waals surface area contributed by atoms with E-state index in [1.807, 2.05) is 60.7 Å². The number of aromatic amines is 1. The fourth-order valence-corrected chi connectivity index (χ4v) is 5.50. The lowest BCUT2D eigenvalue weighted by atomic mass is 9.92. The average Bonchev–Trinajstić information content (AvgIpc) is 3.32. The first kappa shape index (κ1) is 29.2. The first-order valence-electron chi connectivity index (χ1n) is 13.9. The van der Waals surface area contributed by atoms with Gasteiger partial charge in [-0.25, -0.2) is 0 Å². The molecule has 218 valence electrons. The van der Waals surface area contributed by atoms with E-state index in [9.17, 15) is 30.0 Å². The largest absolute Gasteiger partial charge is 0.507 e. The molecule has 0 saturated heterocycles. The summed E-state index contributed by atoms with van der Waals surface area (Å²) in [7, 11) is 0. The van der Waals surface area contributed by atoms with Crippen molar-refractivity contribution >= 4 is 34.6 Å². The predicted octanol–water partition coefficient (Wildman–Crippen LogP) is 7.36. The van der Waals surface area contributed by atoms with Crippen LogP contribution < -0.4 is 0 Å². The molecule has 0 fully saturated rings. The molecule has 0 aliphatic carbocycles. The molecule has 43 heavy (non-hydrogen) atoms. The van der Waals surface area contributed by atoms with Crippen molar-refractivity contribution in [1.82, 2.24) is 4.98 Å². The molecule has 4 aromatic carbocycles. The minimum Gasteiger partial charge on any atom is -0.507 e. The number of hydrogen-bond acceptors (Lipinski definition) is 6. The van der Waals surface area contributed by atoms with Crippen LogP contribution in [0.1, 0.15) is 79.2 Å². The number of Topliss-reactive ketones (excluding diaryl/α,β-unsaturated/α-hetero) is 2. The summed E-state index contributed by atoms with van der Waals surface area (Å²) in [6, 6.07) is 18.7. The maximum Gasteiger partial charge on any atom is 0.163 e. The molecule has 0 unspecified atom stereocenters. The van der Waals surface area contributed by atoms with Crippen molar-refractivity contribution in [3.8, 4) is 23.0 Å². The molecule has 7 nitrogen and oxygen atoms in total.